The second kappa shape index (κ2) is 5.17. The molecule has 0 amide bonds. The molecule has 92 valence electrons. The van der Waals surface area contributed by atoms with Crippen LogP contribution in [0.5, 0.6) is 5.88 Å². The number of esters is 1. The van der Waals surface area contributed by atoms with Crippen molar-refractivity contribution in [3.8, 4) is 5.88 Å². The summed E-state index contributed by atoms with van der Waals surface area (Å²) in [6.07, 6.45) is 6.45. The summed E-state index contributed by atoms with van der Waals surface area (Å²) in [7, 11) is 1.37. The van der Waals surface area contributed by atoms with Gasteiger partial charge in [-0.15, -0.1) is 0 Å². The van der Waals surface area contributed by atoms with Crippen molar-refractivity contribution in [3.05, 3.63) is 23.4 Å². The van der Waals surface area contributed by atoms with Gasteiger partial charge in [0.1, 0.15) is 6.10 Å². The highest BCUT2D eigenvalue weighted by Crippen LogP contribution is 2.24. The molecule has 0 aromatic carbocycles. The fourth-order valence-corrected chi connectivity index (χ4v) is 2.10. The number of nitrogens with zero attached hydrogens (tertiary/aromatic N) is 1. The van der Waals surface area contributed by atoms with Crippen molar-refractivity contribution < 1.29 is 14.3 Å². The molecule has 1 heterocycles. The first kappa shape index (κ1) is 11.9. The maximum absolute atomic E-state index is 11.4. The Labute approximate surface area is 101 Å². The highest BCUT2D eigenvalue weighted by molar-refractivity contribution is 5.90. The molecule has 1 aromatic heterocycles. The molecule has 0 spiro atoms. The molecule has 4 heteroatoms. The van der Waals surface area contributed by atoms with Gasteiger partial charge in [0, 0.05) is 12.3 Å². The second-order valence-corrected chi connectivity index (χ2v) is 4.35. The number of methoxy groups -OCH3 is 1. The Hall–Kier alpha value is -1.58. The Kier molecular flexibility index (Phi) is 3.61. The van der Waals surface area contributed by atoms with Crippen LogP contribution < -0.4 is 4.74 Å². The standard InChI is InChI=1S/C13H17NO3/c1-9-7-12(17-10-5-3-4-6-10)14-8-11(9)13(15)16-2/h7-8,10H,3-6H2,1-2H3. The van der Waals surface area contributed by atoms with Gasteiger partial charge in [-0.05, 0) is 38.2 Å². The molecular weight excluding hydrogens is 218 g/mol. The molecule has 0 unspecified atom stereocenters. The summed E-state index contributed by atoms with van der Waals surface area (Å²) in [5, 5.41) is 0. The van der Waals surface area contributed by atoms with Crippen molar-refractivity contribution in [1.29, 1.82) is 0 Å². The molecule has 0 radical (unpaired) electrons. The van der Waals surface area contributed by atoms with Crippen LogP contribution in [0.3, 0.4) is 0 Å². The van der Waals surface area contributed by atoms with Crippen LogP contribution in [-0.2, 0) is 4.74 Å². The number of pyridine rings is 1. The van der Waals surface area contributed by atoms with E-state index in [2.05, 4.69) is 9.72 Å². The van der Waals surface area contributed by atoms with Gasteiger partial charge >= 0.3 is 5.97 Å². The lowest BCUT2D eigenvalue weighted by atomic mass is 10.1. The fourth-order valence-electron chi connectivity index (χ4n) is 2.10. The summed E-state index contributed by atoms with van der Waals surface area (Å²) in [5.74, 6) is 0.240. The molecule has 0 atom stereocenters. The van der Waals surface area contributed by atoms with E-state index in [0.29, 0.717) is 11.4 Å². The molecule has 4 nitrogen and oxygen atoms in total. The normalized spacial score (nSPS) is 15.9. The van der Waals surface area contributed by atoms with Crippen molar-refractivity contribution in [3.63, 3.8) is 0 Å². The Morgan fingerprint density at radius 3 is 2.71 bits per heavy atom. The van der Waals surface area contributed by atoms with E-state index in [1.54, 1.807) is 6.07 Å². The Morgan fingerprint density at radius 1 is 1.41 bits per heavy atom. The maximum atomic E-state index is 11.4. The minimum atomic E-state index is -0.359. The lowest BCUT2D eigenvalue weighted by Gasteiger charge is -2.13. The summed E-state index contributed by atoms with van der Waals surface area (Å²) in [5.41, 5.74) is 1.33. The average Bonchev–Trinajstić information content (AvgIpc) is 2.81. The summed E-state index contributed by atoms with van der Waals surface area (Å²) in [6, 6.07) is 1.80. The fraction of sp³-hybridized carbons (Fsp3) is 0.538. The number of aromatic nitrogens is 1. The van der Waals surface area contributed by atoms with Gasteiger partial charge in [-0.1, -0.05) is 0 Å². The van der Waals surface area contributed by atoms with E-state index in [1.807, 2.05) is 6.92 Å². The lowest BCUT2D eigenvalue weighted by molar-refractivity contribution is 0.0599. The zero-order chi connectivity index (χ0) is 12.3. The van der Waals surface area contributed by atoms with Crippen LogP contribution >= 0.6 is 0 Å². The number of hydrogen-bond donors (Lipinski definition) is 0. The van der Waals surface area contributed by atoms with Crippen LogP contribution in [0.15, 0.2) is 12.3 Å². The van der Waals surface area contributed by atoms with Crippen LogP contribution in [0.1, 0.15) is 41.6 Å². The molecule has 0 N–H and O–H groups in total. The maximum Gasteiger partial charge on any atom is 0.339 e. The van der Waals surface area contributed by atoms with Crippen LogP contribution in [0, 0.1) is 6.92 Å². The predicted molar refractivity (Wildman–Crippen MR) is 63.2 cm³/mol. The third kappa shape index (κ3) is 2.75. The molecule has 17 heavy (non-hydrogen) atoms. The molecule has 1 fully saturated rings. The van der Waals surface area contributed by atoms with Gasteiger partial charge in [-0.3, -0.25) is 0 Å². The van der Waals surface area contributed by atoms with Gasteiger partial charge in [-0.2, -0.15) is 0 Å². The van der Waals surface area contributed by atoms with Crippen molar-refractivity contribution in [2.45, 2.75) is 38.7 Å². The quantitative estimate of drug-likeness (QED) is 0.755. The second-order valence-electron chi connectivity index (χ2n) is 4.35. The smallest absolute Gasteiger partial charge is 0.339 e. The van der Waals surface area contributed by atoms with Gasteiger partial charge in [0.05, 0.1) is 12.7 Å². The van der Waals surface area contributed by atoms with E-state index in [4.69, 9.17) is 4.74 Å². The third-order valence-electron chi connectivity index (χ3n) is 3.08. The summed E-state index contributed by atoms with van der Waals surface area (Å²) in [6.45, 7) is 1.86. The number of aryl methyl sites for hydroxylation is 1. The average molecular weight is 235 g/mol. The Bertz CT molecular complexity index is 411. The molecule has 1 aromatic rings. The lowest BCUT2D eigenvalue weighted by Crippen LogP contribution is -2.13. The molecule has 1 aliphatic carbocycles. The molecule has 1 saturated carbocycles. The van der Waals surface area contributed by atoms with Gasteiger partial charge < -0.3 is 9.47 Å². The third-order valence-corrected chi connectivity index (χ3v) is 3.08. The highest BCUT2D eigenvalue weighted by atomic mass is 16.5. The van der Waals surface area contributed by atoms with Crippen molar-refractivity contribution in [1.82, 2.24) is 4.98 Å². The number of hydrogen-bond acceptors (Lipinski definition) is 4. The number of carbonyl (C=O) groups is 1. The van der Waals surface area contributed by atoms with E-state index >= 15 is 0 Å². The SMILES string of the molecule is COC(=O)c1cnc(OC2CCCC2)cc1C. The minimum Gasteiger partial charge on any atom is -0.474 e. The molecule has 0 bridgehead atoms. The van der Waals surface area contributed by atoms with Crippen LogP contribution in [0.2, 0.25) is 0 Å². The van der Waals surface area contributed by atoms with Gasteiger partial charge in [0.25, 0.3) is 0 Å². The Morgan fingerprint density at radius 2 is 2.12 bits per heavy atom. The topological polar surface area (TPSA) is 48.4 Å². The first-order valence-electron chi connectivity index (χ1n) is 5.92. The first-order chi connectivity index (χ1) is 8.20. The monoisotopic (exact) mass is 235 g/mol. The van der Waals surface area contributed by atoms with Gasteiger partial charge in [0.15, 0.2) is 0 Å². The van der Waals surface area contributed by atoms with E-state index in [9.17, 15) is 4.79 Å². The molecule has 1 aliphatic rings. The molecule has 0 saturated heterocycles. The van der Waals surface area contributed by atoms with Crippen molar-refractivity contribution in [2.75, 3.05) is 7.11 Å². The molecular formula is C13H17NO3. The molecule has 0 aliphatic heterocycles. The minimum absolute atomic E-state index is 0.283. The van der Waals surface area contributed by atoms with E-state index < -0.39 is 0 Å². The number of carbonyl (C=O) groups excluding carboxylic acids is 1. The predicted octanol–water partition coefficient (Wildman–Crippen LogP) is 2.50. The van der Waals surface area contributed by atoms with Crippen molar-refractivity contribution in [2.24, 2.45) is 0 Å². The van der Waals surface area contributed by atoms with E-state index in [1.165, 1.54) is 26.1 Å². The summed E-state index contributed by atoms with van der Waals surface area (Å²) < 4.78 is 10.4. The van der Waals surface area contributed by atoms with Crippen molar-refractivity contribution >= 4 is 5.97 Å². The van der Waals surface area contributed by atoms with E-state index in [-0.39, 0.29) is 12.1 Å². The van der Waals surface area contributed by atoms with Gasteiger partial charge in [0.2, 0.25) is 5.88 Å². The summed E-state index contributed by atoms with van der Waals surface area (Å²) in [4.78, 5) is 15.5. The zero-order valence-corrected chi connectivity index (χ0v) is 10.2. The Balaban J connectivity index is 2.10. The van der Waals surface area contributed by atoms with Crippen LogP contribution in [-0.4, -0.2) is 24.2 Å². The highest BCUT2D eigenvalue weighted by Gasteiger charge is 2.18. The molecule has 2 rings (SSSR count). The van der Waals surface area contributed by atoms with Gasteiger partial charge in [-0.25, -0.2) is 9.78 Å². The van der Waals surface area contributed by atoms with E-state index in [0.717, 1.165) is 18.4 Å². The largest absolute Gasteiger partial charge is 0.474 e. The zero-order valence-electron chi connectivity index (χ0n) is 10.2. The number of rotatable bonds is 3. The van der Waals surface area contributed by atoms with Crippen LogP contribution in [0.25, 0.3) is 0 Å². The van der Waals surface area contributed by atoms with Crippen LogP contribution in [0.4, 0.5) is 0 Å². The first-order valence-corrected chi connectivity index (χ1v) is 5.92. The summed E-state index contributed by atoms with van der Waals surface area (Å²) >= 11 is 0. The number of ether oxygens (including phenoxy) is 2.